The number of piperidine rings is 1. The minimum absolute atomic E-state index is 0.0696. The molecule has 0 aliphatic carbocycles. The lowest BCUT2D eigenvalue weighted by atomic mass is 9.93. The minimum atomic E-state index is -2.33. The van der Waals surface area contributed by atoms with E-state index in [1.165, 1.54) is 18.6 Å². The number of benzene rings is 1. The van der Waals surface area contributed by atoms with Gasteiger partial charge < -0.3 is 9.47 Å². The van der Waals surface area contributed by atoms with E-state index in [1.807, 2.05) is 0 Å². The second kappa shape index (κ2) is 7.56. The standard InChI is InChI=1S/C20H18ClFN6/c1-27-12-25-26-20(27)13-6-8-28(9-7-13)19-15(3-4-17(21)16(19)10-23)14-2-5-18(22)24-11-14/h2-5,11-13H,6-9H2,1H3/i1D3. The van der Waals surface area contributed by atoms with Crippen molar-refractivity contribution in [3.63, 3.8) is 0 Å². The highest BCUT2D eigenvalue weighted by Crippen LogP contribution is 2.40. The molecule has 0 amide bonds. The molecule has 28 heavy (non-hydrogen) atoms. The largest absolute Gasteiger partial charge is 0.370 e. The molecule has 3 heterocycles. The van der Waals surface area contributed by atoms with Crippen molar-refractivity contribution in [3.8, 4) is 17.2 Å². The van der Waals surface area contributed by atoms with Gasteiger partial charge in [0.2, 0.25) is 5.95 Å². The molecule has 0 radical (unpaired) electrons. The van der Waals surface area contributed by atoms with Crippen LogP contribution in [-0.4, -0.2) is 32.8 Å². The molecule has 6 nitrogen and oxygen atoms in total. The first kappa shape index (κ1) is 15.0. The monoisotopic (exact) mass is 399 g/mol. The smallest absolute Gasteiger partial charge is 0.212 e. The molecule has 1 fully saturated rings. The Hall–Kier alpha value is -2.98. The molecule has 1 aliphatic heterocycles. The van der Waals surface area contributed by atoms with Gasteiger partial charge in [0.05, 0.1) is 16.3 Å². The third-order valence-corrected chi connectivity index (χ3v) is 5.34. The number of rotatable bonds is 3. The van der Waals surface area contributed by atoms with Gasteiger partial charge in [-0.15, -0.1) is 10.2 Å². The first-order chi connectivity index (χ1) is 14.8. The molecule has 0 bridgehead atoms. The highest BCUT2D eigenvalue weighted by Gasteiger charge is 2.27. The number of hydrogen-bond acceptors (Lipinski definition) is 5. The van der Waals surface area contributed by atoms with Crippen LogP contribution in [0.2, 0.25) is 5.02 Å². The van der Waals surface area contributed by atoms with Crippen molar-refractivity contribution in [1.82, 2.24) is 19.7 Å². The molecule has 8 heteroatoms. The van der Waals surface area contributed by atoms with Crippen LogP contribution in [0, 0.1) is 17.3 Å². The SMILES string of the molecule is [2H]C([2H])([2H])n1cnnc1C1CCN(c2c(-c3ccc(F)nc3)ccc(Cl)c2C#N)CC1. The third kappa shape index (κ3) is 3.32. The van der Waals surface area contributed by atoms with E-state index >= 15 is 0 Å². The summed E-state index contributed by atoms with van der Waals surface area (Å²) in [5.74, 6) is -0.215. The summed E-state index contributed by atoms with van der Waals surface area (Å²) in [6.07, 6.45) is 3.93. The van der Waals surface area contributed by atoms with Crippen LogP contribution in [0.15, 0.2) is 36.8 Å². The average Bonchev–Trinajstić information content (AvgIpc) is 3.25. The highest BCUT2D eigenvalue weighted by molar-refractivity contribution is 6.32. The van der Waals surface area contributed by atoms with E-state index in [1.54, 1.807) is 18.2 Å². The van der Waals surface area contributed by atoms with Crippen molar-refractivity contribution in [2.24, 2.45) is 6.98 Å². The maximum absolute atomic E-state index is 13.3. The topological polar surface area (TPSA) is 70.6 Å². The van der Waals surface area contributed by atoms with E-state index in [0.29, 0.717) is 53.6 Å². The lowest BCUT2D eigenvalue weighted by molar-refractivity contribution is 0.474. The van der Waals surface area contributed by atoms with Crippen LogP contribution >= 0.6 is 11.6 Å². The fourth-order valence-corrected chi connectivity index (χ4v) is 3.85. The Bertz CT molecular complexity index is 1130. The Kier molecular flexibility index (Phi) is 4.05. The molecule has 0 unspecified atom stereocenters. The molecular formula is C20H18ClFN6. The predicted molar refractivity (Wildman–Crippen MR) is 105 cm³/mol. The highest BCUT2D eigenvalue weighted by atomic mass is 35.5. The molecule has 0 spiro atoms. The van der Waals surface area contributed by atoms with Crippen LogP contribution in [0.5, 0.6) is 0 Å². The Morgan fingerprint density at radius 2 is 2.11 bits per heavy atom. The Morgan fingerprint density at radius 3 is 2.79 bits per heavy atom. The molecule has 1 aromatic carbocycles. The van der Waals surface area contributed by atoms with E-state index < -0.39 is 12.9 Å². The number of hydrogen-bond donors (Lipinski definition) is 0. The van der Waals surface area contributed by atoms with Crippen molar-refractivity contribution < 1.29 is 8.50 Å². The van der Waals surface area contributed by atoms with Crippen LogP contribution in [0.25, 0.3) is 11.1 Å². The van der Waals surface area contributed by atoms with Crippen LogP contribution in [-0.2, 0) is 6.98 Å². The lowest BCUT2D eigenvalue weighted by Gasteiger charge is -2.35. The molecule has 3 aromatic rings. The van der Waals surface area contributed by atoms with Crippen LogP contribution in [0.3, 0.4) is 0 Å². The van der Waals surface area contributed by atoms with Crippen molar-refractivity contribution >= 4 is 17.3 Å². The Labute approximate surface area is 171 Å². The van der Waals surface area contributed by atoms with Crippen LogP contribution in [0.4, 0.5) is 10.1 Å². The van der Waals surface area contributed by atoms with Gasteiger partial charge in [0.25, 0.3) is 0 Å². The maximum atomic E-state index is 13.3. The second-order valence-corrected chi connectivity index (χ2v) is 7.03. The van der Waals surface area contributed by atoms with Gasteiger partial charge in [-0.2, -0.15) is 9.65 Å². The number of aryl methyl sites for hydroxylation is 1. The molecule has 2 aromatic heterocycles. The molecule has 0 N–H and O–H groups in total. The molecule has 1 saturated heterocycles. The molecular weight excluding hydrogens is 379 g/mol. The summed E-state index contributed by atoms with van der Waals surface area (Å²) in [5, 5.41) is 17.9. The van der Waals surface area contributed by atoms with E-state index in [-0.39, 0.29) is 5.92 Å². The van der Waals surface area contributed by atoms with E-state index in [9.17, 15) is 9.65 Å². The Balaban J connectivity index is 1.66. The van der Waals surface area contributed by atoms with Crippen molar-refractivity contribution in [2.45, 2.75) is 18.8 Å². The number of halogens is 2. The summed E-state index contributed by atoms with van der Waals surface area (Å²) < 4.78 is 37.4. The summed E-state index contributed by atoms with van der Waals surface area (Å²) >= 11 is 6.31. The molecule has 1 aliphatic rings. The zero-order chi connectivity index (χ0) is 22.2. The zero-order valence-electron chi connectivity index (χ0n) is 17.8. The summed E-state index contributed by atoms with van der Waals surface area (Å²) in [4.78, 5) is 5.78. The van der Waals surface area contributed by atoms with Gasteiger partial charge in [0.15, 0.2) is 0 Å². The second-order valence-electron chi connectivity index (χ2n) is 6.62. The summed E-state index contributed by atoms with van der Waals surface area (Å²) in [5.41, 5.74) is 2.41. The maximum Gasteiger partial charge on any atom is 0.212 e. The van der Waals surface area contributed by atoms with E-state index in [2.05, 4.69) is 26.2 Å². The third-order valence-electron chi connectivity index (χ3n) is 5.03. The van der Waals surface area contributed by atoms with Gasteiger partial charge in [-0.1, -0.05) is 17.7 Å². The summed E-state index contributed by atoms with van der Waals surface area (Å²) in [6.45, 7) is -1.20. The number of anilines is 1. The fraction of sp³-hybridized carbons (Fsp3) is 0.300. The molecule has 0 atom stereocenters. The normalized spacial score (nSPS) is 16.9. The van der Waals surface area contributed by atoms with Gasteiger partial charge >= 0.3 is 0 Å². The van der Waals surface area contributed by atoms with Crippen molar-refractivity contribution in [1.29, 1.82) is 5.26 Å². The first-order valence-corrected chi connectivity index (χ1v) is 9.17. The van der Waals surface area contributed by atoms with E-state index in [4.69, 9.17) is 15.7 Å². The summed E-state index contributed by atoms with van der Waals surface area (Å²) in [7, 11) is 0. The number of pyridine rings is 1. The number of nitriles is 1. The lowest BCUT2D eigenvalue weighted by Crippen LogP contribution is -2.34. The predicted octanol–water partition coefficient (Wildman–Crippen LogP) is 3.93. The van der Waals surface area contributed by atoms with Gasteiger partial charge in [0, 0.05) is 47.4 Å². The van der Waals surface area contributed by atoms with Crippen molar-refractivity contribution in [3.05, 3.63) is 59.1 Å². The average molecular weight is 400 g/mol. The first-order valence-electron chi connectivity index (χ1n) is 10.3. The fourth-order valence-electron chi connectivity index (χ4n) is 3.65. The molecule has 142 valence electrons. The minimum Gasteiger partial charge on any atom is -0.370 e. The summed E-state index contributed by atoms with van der Waals surface area (Å²) in [6, 6.07) is 8.51. The van der Waals surface area contributed by atoms with Gasteiger partial charge in [-0.25, -0.2) is 4.98 Å². The van der Waals surface area contributed by atoms with Crippen molar-refractivity contribution in [2.75, 3.05) is 18.0 Å². The van der Waals surface area contributed by atoms with Crippen LogP contribution in [0.1, 0.15) is 34.3 Å². The number of nitrogens with zero attached hydrogens (tertiary/aromatic N) is 6. The molecule has 0 saturated carbocycles. The quantitative estimate of drug-likeness (QED) is 0.624. The molecule has 4 rings (SSSR count). The van der Waals surface area contributed by atoms with Gasteiger partial charge in [-0.05, 0) is 31.0 Å². The van der Waals surface area contributed by atoms with Crippen LogP contribution < -0.4 is 4.90 Å². The van der Waals surface area contributed by atoms with Gasteiger partial charge in [-0.3, -0.25) is 0 Å². The van der Waals surface area contributed by atoms with E-state index in [0.717, 1.165) is 10.1 Å². The van der Waals surface area contributed by atoms with Gasteiger partial charge in [0.1, 0.15) is 18.2 Å². The Morgan fingerprint density at radius 1 is 1.29 bits per heavy atom. The number of aromatic nitrogens is 4. The zero-order valence-corrected chi connectivity index (χ0v) is 15.6.